The van der Waals surface area contributed by atoms with Crippen molar-refractivity contribution in [3.8, 4) is 5.75 Å². The smallest absolute Gasteiger partial charge is 0.262 e. The van der Waals surface area contributed by atoms with Gasteiger partial charge in [0, 0.05) is 24.0 Å². The average Bonchev–Trinajstić information content (AvgIpc) is 2.73. The standard InChI is InChI=1S/C23H26N2O4S/c1-5-29-21-11-10-17(16(3)26)12-18(21)14-30-23-24-20-9-7-6-8-19(20)22(27)25(23)15(2)13-28-4/h6-12,15H,5,13-14H2,1-4H3. The highest BCUT2D eigenvalue weighted by Gasteiger charge is 2.18. The molecule has 6 nitrogen and oxygen atoms in total. The number of ether oxygens (including phenoxy) is 2. The molecule has 0 radical (unpaired) electrons. The Balaban J connectivity index is 2.03. The Morgan fingerprint density at radius 3 is 2.70 bits per heavy atom. The largest absolute Gasteiger partial charge is 0.494 e. The third-order valence-electron chi connectivity index (χ3n) is 4.75. The normalized spacial score (nSPS) is 12.1. The highest BCUT2D eigenvalue weighted by molar-refractivity contribution is 7.98. The van der Waals surface area contributed by atoms with E-state index < -0.39 is 0 Å². The lowest BCUT2D eigenvalue weighted by atomic mass is 10.1. The van der Waals surface area contributed by atoms with E-state index in [-0.39, 0.29) is 17.4 Å². The van der Waals surface area contributed by atoms with Crippen LogP contribution in [0.3, 0.4) is 0 Å². The minimum atomic E-state index is -0.169. The van der Waals surface area contributed by atoms with Gasteiger partial charge in [0.1, 0.15) is 5.75 Å². The number of thioether (sulfide) groups is 1. The van der Waals surface area contributed by atoms with E-state index in [0.29, 0.717) is 40.6 Å². The fourth-order valence-corrected chi connectivity index (χ4v) is 4.36. The highest BCUT2D eigenvalue weighted by Crippen LogP contribution is 2.30. The molecule has 3 aromatic rings. The molecule has 7 heteroatoms. The third kappa shape index (κ3) is 4.74. The molecule has 1 aromatic heterocycles. The van der Waals surface area contributed by atoms with Crippen molar-refractivity contribution in [3.05, 3.63) is 63.9 Å². The fraction of sp³-hybridized carbons (Fsp3) is 0.348. The lowest BCUT2D eigenvalue weighted by Crippen LogP contribution is -2.28. The quantitative estimate of drug-likeness (QED) is 0.285. The number of fused-ring (bicyclic) bond motifs is 1. The van der Waals surface area contributed by atoms with Crippen LogP contribution in [0.15, 0.2) is 52.4 Å². The minimum absolute atomic E-state index is 0.00115. The Labute approximate surface area is 180 Å². The van der Waals surface area contributed by atoms with Gasteiger partial charge in [0.2, 0.25) is 0 Å². The Hall–Kier alpha value is -2.64. The first-order valence-corrected chi connectivity index (χ1v) is 10.8. The summed E-state index contributed by atoms with van der Waals surface area (Å²) in [6, 6.07) is 12.6. The second kappa shape index (κ2) is 9.91. The van der Waals surface area contributed by atoms with Crippen molar-refractivity contribution in [3.63, 3.8) is 0 Å². The van der Waals surface area contributed by atoms with Crippen molar-refractivity contribution in [2.24, 2.45) is 0 Å². The number of benzene rings is 2. The number of hydrogen-bond donors (Lipinski definition) is 0. The number of methoxy groups -OCH3 is 1. The summed E-state index contributed by atoms with van der Waals surface area (Å²) in [5.41, 5.74) is 2.09. The van der Waals surface area contributed by atoms with Gasteiger partial charge >= 0.3 is 0 Å². The van der Waals surface area contributed by atoms with Crippen LogP contribution in [0.1, 0.15) is 42.7 Å². The molecule has 30 heavy (non-hydrogen) atoms. The topological polar surface area (TPSA) is 70.4 Å². The van der Waals surface area contributed by atoms with Crippen LogP contribution in [0, 0.1) is 0 Å². The van der Waals surface area contributed by atoms with Gasteiger partial charge in [-0.15, -0.1) is 0 Å². The maximum Gasteiger partial charge on any atom is 0.262 e. The summed E-state index contributed by atoms with van der Waals surface area (Å²) in [6.45, 7) is 6.33. The summed E-state index contributed by atoms with van der Waals surface area (Å²) in [5, 5.41) is 1.19. The van der Waals surface area contributed by atoms with Gasteiger partial charge in [-0.05, 0) is 51.1 Å². The van der Waals surface area contributed by atoms with E-state index in [1.54, 1.807) is 30.7 Å². The molecule has 0 bridgehead atoms. The number of ketones is 1. The maximum atomic E-state index is 13.2. The monoisotopic (exact) mass is 426 g/mol. The van der Waals surface area contributed by atoms with Crippen LogP contribution in [0.5, 0.6) is 5.75 Å². The van der Waals surface area contributed by atoms with Crippen LogP contribution in [-0.4, -0.2) is 35.7 Å². The van der Waals surface area contributed by atoms with E-state index in [1.807, 2.05) is 44.2 Å². The van der Waals surface area contributed by atoms with E-state index in [9.17, 15) is 9.59 Å². The molecular weight excluding hydrogens is 400 g/mol. The first kappa shape index (κ1) is 22.1. The van der Waals surface area contributed by atoms with Gasteiger partial charge in [0.05, 0.1) is 30.2 Å². The molecule has 1 atom stereocenters. The Kier molecular flexibility index (Phi) is 7.29. The predicted octanol–water partition coefficient (Wildman–Crippen LogP) is 4.50. The summed E-state index contributed by atoms with van der Waals surface area (Å²) in [4.78, 5) is 29.8. The summed E-state index contributed by atoms with van der Waals surface area (Å²) >= 11 is 1.45. The van der Waals surface area contributed by atoms with Crippen LogP contribution < -0.4 is 10.3 Å². The zero-order valence-corrected chi connectivity index (χ0v) is 18.5. The molecule has 2 aromatic carbocycles. The molecule has 0 N–H and O–H groups in total. The lowest BCUT2D eigenvalue weighted by Gasteiger charge is -2.19. The number of hydrogen-bond acceptors (Lipinski definition) is 6. The number of Topliss-reactive ketones (excluding diaryl/α,β-unsaturated/α-hetero) is 1. The van der Waals surface area contributed by atoms with Crippen molar-refractivity contribution in [1.29, 1.82) is 0 Å². The van der Waals surface area contributed by atoms with E-state index in [4.69, 9.17) is 14.5 Å². The Bertz CT molecular complexity index is 1110. The van der Waals surface area contributed by atoms with Crippen molar-refractivity contribution >= 4 is 28.4 Å². The van der Waals surface area contributed by atoms with Crippen LogP contribution in [0.4, 0.5) is 0 Å². The van der Waals surface area contributed by atoms with Crippen molar-refractivity contribution < 1.29 is 14.3 Å². The fourth-order valence-electron chi connectivity index (χ4n) is 3.28. The zero-order chi connectivity index (χ0) is 21.7. The number of para-hydroxylation sites is 1. The zero-order valence-electron chi connectivity index (χ0n) is 17.7. The number of carbonyl (C=O) groups is 1. The molecule has 3 rings (SSSR count). The van der Waals surface area contributed by atoms with Crippen molar-refractivity contribution in [2.45, 2.75) is 37.7 Å². The van der Waals surface area contributed by atoms with Gasteiger partial charge in [0.25, 0.3) is 5.56 Å². The highest BCUT2D eigenvalue weighted by atomic mass is 32.2. The van der Waals surface area contributed by atoms with E-state index in [0.717, 1.165) is 11.3 Å². The van der Waals surface area contributed by atoms with Gasteiger partial charge in [-0.2, -0.15) is 0 Å². The summed E-state index contributed by atoms with van der Waals surface area (Å²) in [5.74, 6) is 1.24. The van der Waals surface area contributed by atoms with E-state index in [2.05, 4.69) is 0 Å². The van der Waals surface area contributed by atoms with Crippen LogP contribution in [0.2, 0.25) is 0 Å². The summed E-state index contributed by atoms with van der Waals surface area (Å²) in [6.07, 6.45) is 0. The second-order valence-corrected chi connectivity index (χ2v) is 7.93. The maximum absolute atomic E-state index is 13.2. The van der Waals surface area contributed by atoms with Crippen molar-refractivity contribution in [2.75, 3.05) is 20.3 Å². The van der Waals surface area contributed by atoms with Crippen LogP contribution in [-0.2, 0) is 10.5 Å². The molecule has 0 aliphatic heterocycles. The van der Waals surface area contributed by atoms with Gasteiger partial charge < -0.3 is 9.47 Å². The molecule has 0 amide bonds. The molecule has 0 fully saturated rings. The molecule has 0 spiro atoms. The molecule has 1 unspecified atom stereocenters. The first-order valence-electron chi connectivity index (χ1n) is 9.86. The lowest BCUT2D eigenvalue weighted by molar-refractivity contribution is 0.101. The Morgan fingerprint density at radius 2 is 2.00 bits per heavy atom. The predicted molar refractivity (Wildman–Crippen MR) is 120 cm³/mol. The summed E-state index contributed by atoms with van der Waals surface area (Å²) in [7, 11) is 1.62. The Morgan fingerprint density at radius 1 is 1.23 bits per heavy atom. The molecule has 1 heterocycles. The number of rotatable bonds is 9. The van der Waals surface area contributed by atoms with Crippen LogP contribution in [0.25, 0.3) is 10.9 Å². The van der Waals surface area contributed by atoms with Gasteiger partial charge in [0.15, 0.2) is 10.9 Å². The van der Waals surface area contributed by atoms with Gasteiger partial charge in [-0.3, -0.25) is 14.2 Å². The molecular formula is C23H26N2O4S. The number of aromatic nitrogens is 2. The van der Waals surface area contributed by atoms with Gasteiger partial charge in [-0.25, -0.2) is 4.98 Å². The number of nitrogens with zero attached hydrogens (tertiary/aromatic N) is 2. The first-order chi connectivity index (χ1) is 14.5. The van der Waals surface area contributed by atoms with Crippen molar-refractivity contribution in [1.82, 2.24) is 9.55 Å². The number of carbonyl (C=O) groups excluding carboxylic acids is 1. The van der Waals surface area contributed by atoms with E-state index in [1.165, 1.54) is 11.8 Å². The molecule has 0 aliphatic rings. The molecule has 158 valence electrons. The SMILES string of the molecule is CCOc1ccc(C(C)=O)cc1CSc1nc2ccccc2c(=O)n1C(C)COC. The molecule has 0 saturated heterocycles. The van der Waals surface area contributed by atoms with E-state index >= 15 is 0 Å². The molecule has 0 saturated carbocycles. The average molecular weight is 427 g/mol. The third-order valence-corrected chi connectivity index (χ3v) is 5.75. The van der Waals surface area contributed by atoms with Gasteiger partial charge in [-0.1, -0.05) is 23.9 Å². The molecule has 0 aliphatic carbocycles. The van der Waals surface area contributed by atoms with Crippen LogP contribution >= 0.6 is 11.8 Å². The summed E-state index contributed by atoms with van der Waals surface area (Å²) < 4.78 is 12.7. The second-order valence-electron chi connectivity index (χ2n) is 6.99. The minimum Gasteiger partial charge on any atom is -0.494 e.